The van der Waals surface area contributed by atoms with Gasteiger partial charge in [-0.05, 0) is 74.8 Å². The molecule has 0 amide bonds. The zero-order valence-electron chi connectivity index (χ0n) is 21.8. The van der Waals surface area contributed by atoms with Crippen molar-refractivity contribution < 1.29 is 0 Å². The third-order valence-electron chi connectivity index (χ3n) is 7.15. The standard InChI is InChI=1S/C31H43N/c1-10-31(9,25-16-14-24(15-17-25)29(3,4)5)26-18-20-27(21-19-26)32(30(6,7)8)28-13-11-12-23(2)22-28/h11-12,14-22,28H,10,13H2,1-9H3. The molecule has 2 aromatic carbocycles. The molecule has 0 spiro atoms. The molecule has 1 aliphatic carbocycles. The third-order valence-corrected chi connectivity index (χ3v) is 7.15. The molecule has 0 radical (unpaired) electrons. The predicted molar refractivity (Wildman–Crippen MR) is 142 cm³/mol. The van der Waals surface area contributed by atoms with Crippen molar-refractivity contribution >= 4 is 5.69 Å². The monoisotopic (exact) mass is 429 g/mol. The normalized spacial score (nSPS) is 18.8. The molecule has 0 fully saturated rings. The SMILES string of the molecule is CCC(C)(c1ccc(N(C2C=C(C)C=CC2)C(C)(C)C)cc1)c1ccc(C(C)(C)C)cc1. The summed E-state index contributed by atoms with van der Waals surface area (Å²) >= 11 is 0. The maximum absolute atomic E-state index is 2.57. The lowest BCUT2D eigenvalue weighted by atomic mass is 9.73. The van der Waals surface area contributed by atoms with Gasteiger partial charge in [-0.1, -0.05) is 94.8 Å². The summed E-state index contributed by atoms with van der Waals surface area (Å²) < 4.78 is 0. The molecule has 0 saturated carbocycles. The van der Waals surface area contributed by atoms with Crippen LogP contribution >= 0.6 is 0 Å². The van der Waals surface area contributed by atoms with Gasteiger partial charge in [-0.15, -0.1) is 0 Å². The lowest BCUT2D eigenvalue weighted by Crippen LogP contribution is -2.48. The van der Waals surface area contributed by atoms with Crippen molar-refractivity contribution in [2.75, 3.05) is 4.90 Å². The lowest BCUT2D eigenvalue weighted by Gasteiger charge is -2.43. The Hall–Kier alpha value is -2.28. The Bertz CT molecular complexity index is 961. The van der Waals surface area contributed by atoms with Gasteiger partial charge < -0.3 is 4.90 Å². The molecule has 2 atom stereocenters. The Labute approximate surface area is 197 Å². The molecular weight excluding hydrogens is 386 g/mol. The van der Waals surface area contributed by atoms with E-state index in [0.29, 0.717) is 6.04 Å². The fraction of sp³-hybridized carbons (Fsp3) is 0.484. The Morgan fingerprint density at radius 3 is 1.72 bits per heavy atom. The molecule has 0 heterocycles. The molecule has 3 rings (SSSR count). The molecule has 0 saturated heterocycles. The van der Waals surface area contributed by atoms with Gasteiger partial charge >= 0.3 is 0 Å². The first kappa shape index (κ1) is 24.4. The summed E-state index contributed by atoms with van der Waals surface area (Å²) in [7, 11) is 0. The molecule has 32 heavy (non-hydrogen) atoms. The number of rotatable bonds is 5. The van der Waals surface area contributed by atoms with Crippen LogP contribution in [-0.4, -0.2) is 11.6 Å². The molecular formula is C31H43N. The lowest BCUT2D eigenvalue weighted by molar-refractivity contribution is 0.468. The summed E-state index contributed by atoms with van der Waals surface area (Å²) in [6.45, 7) is 20.7. The van der Waals surface area contributed by atoms with Crippen molar-refractivity contribution in [1.82, 2.24) is 0 Å². The van der Waals surface area contributed by atoms with E-state index in [-0.39, 0.29) is 16.4 Å². The van der Waals surface area contributed by atoms with E-state index in [4.69, 9.17) is 0 Å². The number of benzene rings is 2. The van der Waals surface area contributed by atoms with Crippen LogP contribution in [0.1, 0.15) is 91.8 Å². The zero-order chi connectivity index (χ0) is 23.7. The Kier molecular flexibility index (Phi) is 6.80. The summed E-state index contributed by atoms with van der Waals surface area (Å²) in [5.41, 5.74) is 7.05. The van der Waals surface area contributed by atoms with E-state index in [1.165, 1.54) is 28.0 Å². The molecule has 172 valence electrons. The van der Waals surface area contributed by atoms with Gasteiger partial charge in [0.1, 0.15) is 0 Å². The number of hydrogen-bond acceptors (Lipinski definition) is 1. The van der Waals surface area contributed by atoms with E-state index in [1.54, 1.807) is 0 Å². The van der Waals surface area contributed by atoms with Crippen molar-refractivity contribution in [2.45, 2.75) is 97.6 Å². The maximum atomic E-state index is 2.57. The summed E-state index contributed by atoms with van der Waals surface area (Å²) in [5.74, 6) is 0. The second kappa shape index (κ2) is 8.93. The molecule has 1 heteroatoms. The summed E-state index contributed by atoms with van der Waals surface area (Å²) in [4.78, 5) is 2.57. The van der Waals surface area contributed by atoms with Gasteiger partial charge in [-0.25, -0.2) is 0 Å². The minimum Gasteiger partial charge on any atom is -0.360 e. The van der Waals surface area contributed by atoms with E-state index in [2.05, 4.69) is 134 Å². The Morgan fingerprint density at radius 2 is 1.28 bits per heavy atom. The van der Waals surface area contributed by atoms with Crippen LogP contribution in [0.3, 0.4) is 0 Å². The molecule has 2 unspecified atom stereocenters. The van der Waals surface area contributed by atoms with E-state index in [9.17, 15) is 0 Å². The summed E-state index contributed by atoms with van der Waals surface area (Å²) in [6, 6.07) is 19.1. The van der Waals surface area contributed by atoms with Crippen LogP contribution in [0.15, 0.2) is 72.3 Å². The first-order valence-corrected chi connectivity index (χ1v) is 12.2. The van der Waals surface area contributed by atoms with Crippen LogP contribution < -0.4 is 4.90 Å². The van der Waals surface area contributed by atoms with E-state index in [0.717, 1.165) is 12.8 Å². The maximum Gasteiger partial charge on any atom is 0.0518 e. The van der Waals surface area contributed by atoms with Crippen LogP contribution in [0.4, 0.5) is 5.69 Å². The van der Waals surface area contributed by atoms with E-state index < -0.39 is 0 Å². The van der Waals surface area contributed by atoms with Crippen molar-refractivity contribution in [3.63, 3.8) is 0 Å². The van der Waals surface area contributed by atoms with Crippen molar-refractivity contribution in [3.05, 3.63) is 89.0 Å². The van der Waals surface area contributed by atoms with Crippen LogP contribution in [0.25, 0.3) is 0 Å². The highest BCUT2D eigenvalue weighted by atomic mass is 15.2. The first-order valence-electron chi connectivity index (χ1n) is 12.2. The number of hydrogen-bond donors (Lipinski definition) is 0. The van der Waals surface area contributed by atoms with Crippen LogP contribution in [0, 0.1) is 0 Å². The van der Waals surface area contributed by atoms with Gasteiger partial charge in [0.25, 0.3) is 0 Å². The topological polar surface area (TPSA) is 3.24 Å². The minimum atomic E-state index is 0.00553. The van der Waals surface area contributed by atoms with Gasteiger partial charge in [0, 0.05) is 16.6 Å². The van der Waals surface area contributed by atoms with Gasteiger partial charge in [0.15, 0.2) is 0 Å². The van der Waals surface area contributed by atoms with Gasteiger partial charge in [-0.3, -0.25) is 0 Å². The number of anilines is 1. The zero-order valence-corrected chi connectivity index (χ0v) is 21.8. The fourth-order valence-corrected chi connectivity index (χ4v) is 4.98. The molecule has 0 aromatic heterocycles. The average molecular weight is 430 g/mol. The van der Waals surface area contributed by atoms with Crippen LogP contribution in [0.2, 0.25) is 0 Å². The quantitative estimate of drug-likeness (QED) is 0.460. The average Bonchev–Trinajstić information content (AvgIpc) is 2.72. The largest absolute Gasteiger partial charge is 0.360 e. The van der Waals surface area contributed by atoms with Gasteiger partial charge in [0.2, 0.25) is 0 Å². The minimum absolute atomic E-state index is 0.00553. The Morgan fingerprint density at radius 1 is 0.781 bits per heavy atom. The van der Waals surface area contributed by atoms with Crippen molar-refractivity contribution in [3.8, 4) is 0 Å². The molecule has 0 aliphatic heterocycles. The van der Waals surface area contributed by atoms with Crippen molar-refractivity contribution in [1.29, 1.82) is 0 Å². The fourth-order valence-electron chi connectivity index (χ4n) is 4.98. The predicted octanol–water partition coefficient (Wildman–Crippen LogP) is 8.58. The molecule has 0 bridgehead atoms. The summed E-state index contributed by atoms with van der Waals surface area (Å²) in [6.07, 6.45) is 9.08. The summed E-state index contributed by atoms with van der Waals surface area (Å²) in [5, 5.41) is 0. The molecule has 1 aliphatic rings. The smallest absolute Gasteiger partial charge is 0.0518 e. The highest BCUT2D eigenvalue weighted by molar-refractivity contribution is 5.55. The first-order chi connectivity index (χ1) is 14.9. The van der Waals surface area contributed by atoms with Gasteiger partial charge in [0.05, 0.1) is 6.04 Å². The molecule has 2 aromatic rings. The van der Waals surface area contributed by atoms with E-state index >= 15 is 0 Å². The van der Waals surface area contributed by atoms with E-state index in [1.807, 2.05) is 0 Å². The molecule has 1 nitrogen and oxygen atoms in total. The van der Waals surface area contributed by atoms with Crippen molar-refractivity contribution in [2.24, 2.45) is 0 Å². The number of nitrogens with zero attached hydrogens (tertiary/aromatic N) is 1. The second-order valence-electron chi connectivity index (χ2n) is 11.7. The van der Waals surface area contributed by atoms with Gasteiger partial charge in [-0.2, -0.15) is 0 Å². The molecule has 0 N–H and O–H groups in total. The number of allylic oxidation sites excluding steroid dienone is 2. The second-order valence-corrected chi connectivity index (χ2v) is 11.7. The Balaban J connectivity index is 1.95. The third kappa shape index (κ3) is 5.03. The van der Waals surface area contributed by atoms with Crippen LogP contribution in [-0.2, 0) is 10.8 Å². The van der Waals surface area contributed by atoms with Crippen LogP contribution in [0.5, 0.6) is 0 Å². The highest BCUT2D eigenvalue weighted by Gasteiger charge is 2.31. The highest BCUT2D eigenvalue weighted by Crippen LogP contribution is 2.38.